The van der Waals surface area contributed by atoms with Crippen LogP contribution in [-0.2, 0) is 14.3 Å². The van der Waals surface area contributed by atoms with E-state index in [-0.39, 0.29) is 5.97 Å². The Labute approximate surface area is 91.5 Å². The molecule has 88 valence electrons. The van der Waals surface area contributed by atoms with Gasteiger partial charge in [0.15, 0.2) is 0 Å². The monoisotopic (exact) mass is 215 g/mol. The quantitative estimate of drug-likeness (QED) is 0.445. The Morgan fingerprint density at radius 3 is 2.80 bits per heavy atom. The average molecular weight is 215 g/mol. The molecule has 0 atom stereocenters. The number of hydrogen-bond acceptors (Lipinski definition) is 4. The molecule has 1 saturated carbocycles. The maximum atomic E-state index is 11.1. The topological polar surface area (TPSA) is 38.8 Å². The molecule has 1 fully saturated rings. The summed E-state index contributed by atoms with van der Waals surface area (Å²) >= 11 is 0. The molecule has 0 aliphatic heterocycles. The maximum Gasteiger partial charge on any atom is 0.320 e. The summed E-state index contributed by atoms with van der Waals surface area (Å²) < 4.78 is 10.3. The summed E-state index contributed by atoms with van der Waals surface area (Å²) in [7, 11) is 1.90. The molecule has 0 bridgehead atoms. The van der Waals surface area contributed by atoms with Gasteiger partial charge < -0.3 is 9.47 Å². The Balaban J connectivity index is 1.91. The molecule has 0 saturated heterocycles. The predicted octanol–water partition coefficient (Wildman–Crippen LogP) is 0.908. The smallest absolute Gasteiger partial charge is 0.320 e. The van der Waals surface area contributed by atoms with E-state index in [1.165, 1.54) is 12.8 Å². The number of rotatable bonds is 8. The molecule has 0 unspecified atom stereocenters. The van der Waals surface area contributed by atoms with Crippen LogP contribution in [0.3, 0.4) is 0 Å². The van der Waals surface area contributed by atoms with Crippen molar-refractivity contribution in [3.63, 3.8) is 0 Å². The lowest BCUT2D eigenvalue weighted by Crippen LogP contribution is -2.30. The van der Waals surface area contributed by atoms with Crippen LogP contribution >= 0.6 is 0 Å². The van der Waals surface area contributed by atoms with Gasteiger partial charge in [-0.3, -0.25) is 9.69 Å². The van der Waals surface area contributed by atoms with Crippen molar-refractivity contribution in [3.8, 4) is 0 Å². The lowest BCUT2D eigenvalue weighted by atomic mass is 10.4. The van der Waals surface area contributed by atoms with E-state index in [1.807, 2.05) is 18.9 Å². The third-order valence-electron chi connectivity index (χ3n) is 2.37. The summed E-state index contributed by atoms with van der Waals surface area (Å²) in [4.78, 5) is 13.0. The van der Waals surface area contributed by atoms with E-state index in [9.17, 15) is 4.79 Å². The zero-order valence-corrected chi connectivity index (χ0v) is 9.70. The standard InChI is InChI=1S/C11H21NO3/c1-3-15-11(13)8-12(2)6-7-14-9-10-4-5-10/h10H,3-9H2,1-2H3. The normalized spacial score (nSPS) is 15.7. The SMILES string of the molecule is CCOC(=O)CN(C)CCOCC1CC1. The summed E-state index contributed by atoms with van der Waals surface area (Å²) in [6, 6.07) is 0. The van der Waals surface area contributed by atoms with Crippen molar-refractivity contribution in [1.29, 1.82) is 0 Å². The van der Waals surface area contributed by atoms with Gasteiger partial charge >= 0.3 is 5.97 Å². The van der Waals surface area contributed by atoms with E-state index in [4.69, 9.17) is 9.47 Å². The van der Waals surface area contributed by atoms with Crippen LogP contribution in [0.5, 0.6) is 0 Å². The Morgan fingerprint density at radius 2 is 2.20 bits per heavy atom. The fourth-order valence-corrected chi connectivity index (χ4v) is 1.26. The Hall–Kier alpha value is -0.610. The Morgan fingerprint density at radius 1 is 1.47 bits per heavy atom. The van der Waals surface area contributed by atoms with Crippen LogP contribution in [0.15, 0.2) is 0 Å². The highest BCUT2D eigenvalue weighted by Gasteiger charge is 2.21. The highest BCUT2D eigenvalue weighted by atomic mass is 16.5. The molecule has 1 aliphatic carbocycles. The molecule has 0 amide bonds. The minimum Gasteiger partial charge on any atom is -0.465 e. The summed E-state index contributed by atoms with van der Waals surface area (Å²) in [5.41, 5.74) is 0. The van der Waals surface area contributed by atoms with E-state index in [0.29, 0.717) is 19.8 Å². The molecular weight excluding hydrogens is 194 g/mol. The third-order valence-corrected chi connectivity index (χ3v) is 2.37. The number of likely N-dealkylation sites (N-methyl/N-ethyl adjacent to an activating group) is 1. The first-order valence-corrected chi connectivity index (χ1v) is 5.64. The van der Waals surface area contributed by atoms with E-state index in [2.05, 4.69) is 0 Å². The first-order chi connectivity index (χ1) is 7.22. The van der Waals surface area contributed by atoms with Crippen molar-refractivity contribution in [1.82, 2.24) is 4.90 Å². The summed E-state index contributed by atoms with van der Waals surface area (Å²) in [5.74, 6) is 0.641. The van der Waals surface area contributed by atoms with Crippen LogP contribution < -0.4 is 0 Å². The Kier molecular flexibility index (Phi) is 5.65. The van der Waals surface area contributed by atoms with Crippen molar-refractivity contribution >= 4 is 5.97 Å². The molecule has 4 nitrogen and oxygen atoms in total. The van der Waals surface area contributed by atoms with Crippen molar-refractivity contribution in [2.24, 2.45) is 5.92 Å². The maximum absolute atomic E-state index is 11.1. The van der Waals surface area contributed by atoms with Gasteiger partial charge in [-0.25, -0.2) is 0 Å². The predicted molar refractivity (Wildman–Crippen MR) is 57.7 cm³/mol. The van der Waals surface area contributed by atoms with E-state index in [0.717, 1.165) is 19.1 Å². The molecule has 0 radical (unpaired) electrons. The second kappa shape index (κ2) is 6.80. The number of esters is 1. The summed E-state index contributed by atoms with van der Waals surface area (Å²) in [5, 5.41) is 0. The Bertz CT molecular complexity index is 192. The molecule has 0 aromatic carbocycles. The third kappa shape index (κ3) is 6.47. The molecule has 0 heterocycles. The van der Waals surface area contributed by atoms with E-state index in [1.54, 1.807) is 0 Å². The van der Waals surface area contributed by atoms with Crippen LogP contribution in [0.1, 0.15) is 19.8 Å². The molecule has 1 aliphatic rings. The number of carbonyl (C=O) groups excluding carboxylic acids is 1. The fourth-order valence-electron chi connectivity index (χ4n) is 1.26. The lowest BCUT2D eigenvalue weighted by Gasteiger charge is -2.15. The van der Waals surface area contributed by atoms with Gasteiger partial charge in [-0.15, -0.1) is 0 Å². The second-order valence-corrected chi connectivity index (χ2v) is 4.06. The molecule has 1 rings (SSSR count). The highest BCUT2D eigenvalue weighted by Crippen LogP contribution is 2.28. The average Bonchev–Trinajstić information content (AvgIpc) is 2.96. The van der Waals surface area contributed by atoms with Crippen LogP contribution in [0.25, 0.3) is 0 Å². The summed E-state index contributed by atoms with van der Waals surface area (Å²) in [6.07, 6.45) is 2.64. The number of carbonyl (C=O) groups is 1. The first kappa shape index (κ1) is 12.5. The molecular formula is C11H21NO3. The lowest BCUT2D eigenvalue weighted by molar-refractivity contribution is -0.144. The molecule has 15 heavy (non-hydrogen) atoms. The molecule has 0 spiro atoms. The molecule has 0 N–H and O–H groups in total. The largest absolute Gasteiger partial charge is 0.465 e. The second-order valence-electron chi connectivity index (χ2n) is 4.06. The van der Waals surface area contributed by atoms with Gasteiger partial charge in [0.1, 0.15) is 0 Å². The highest BCUT2D eigenvalue weighted by molar-refractivity contribution is 5.71. The van der Waals surface area contributed by atoms with Crippen molar-refractivity contribution in [2.75, 3.05) is 40.0 Å². The van der Waals surface area contributed by atoms with Gasteiger partial charge in [0.25, 0.3) is 0 Å². The van der Waals surface area contributed by atoms with E-state index < -0.39 is 0 Å². The molecule has 0 aromatic rings. The minimum atomic E-state index is -0.165. The van der Waals surface area contributed by atoms with Crippen LogP contribution in [0, 0.1) is 5.92 Å². The van der Waals surface area contributed by atoms with E-state index >= 15 is 0 Å². The van der Waals surface area contributed by atoms with Crippen molar-refractivity contribution < 1.29 is 14.3 Å². The van der Waals surface area contributed by atoms with Crippen LogP contribution in [-0.4, -0.2) is 50.8 Å². The number of ether oxygens (including phenoxy) is 2. The van der Waals surface area contributed by atoms with Crippen molar-refractivity contribution in [2.45, 2.75) is 19.8 Å². The van der Waals surface area contributed by atoms with Gasteiger partial charge in [-0.05, 0) is 32.7 Å². The molecule has 0 aromatic heterocycles. The van der Waals surface area contributed by atoms with Gasteiger partial charge in [0, 0.05) is 13.2 Å². The van der Waals surface area contributed by atoms with Crippen LogP contribution in [0.2, 0.25) is 0 Å². The fraction of sp³-hybridized carbons (Fsp3) is 0.909. The van der Waals surface area contributed by atoms with Gasteiger partial charge in [-0.1, -0.05) is 0 Å². The van der Waals surface area contributed by atoms with Gasteiger partial charge in [-0.2, -0.15) is 0 Å². The minimum absolute atomic E-state index is 0.165. The number of nitrogens with zero attached hydrogens (tertiary/aromatic N) is 1. The zero-order valence-electron chi connectivity index (χ0n) is 9.70. The zero-order chi connectivity index (χ0) is 11.1. The van der Waals surface area contributed by atoms with Gasteiger partial charge in [0.2, 0.25) is 0 Å². The van der Waals surface area contributed by atoms with Gasteiger partial charge in [0.05, 0.1) is 19.8 Å². The summed E-state index contributed by atoms with van der Waals surface area (Å²) in [6.45, 7) is 4.98. The van der Waals surface area contributed by atoms with Crippen molar-refractivity contribution in [3.05, 3.63) is 0 Å². The number of hydrogen-bond donors (Lipinski definition) is 0. The molecule has 4 heteroatoms. The van der Waals surface area contributed by atoms with Crippen LogP contribution in [0.4, 0.5) is 0 Å². The first-order valence-electron chi connectivity index (χ1n) is 5.64.